The number of nitrogens with zero attached hydrogens (tertiary/aromatic N) is 2. The molecule has 0 aliphatic rings. The van der Waals surface area contributed by atoms with Crippen LogP contribution in [0.1, 0.15) is 24.1 Å². The van der Waals surface area contributed by atoms with Gasteiger partial charge in [0.1, 0.15) is 5.75 Å². The van der Waals surface area contributed by atoms with Gasteiger partial charge in [0, 0.05) is 36.3 Å². The van der Waals surface area contributed by atoms with Gasteiger partial charge in [0.2, 0.25) is 0 Å². The molecule has 0 fully saturated rings. The second kappa shape index (κ2) is 6.08. The number of rotatable bonds is 5. The molecule has 0 radical (unpaired) electrons. The summed E-state index contributed by atoms with van der Waals surface area (Å²) in [5.41, 5.74) is 8.00. The molecule has 0 saturated heterocycles. The van der Waals surface area contributed by atoms with Gasteiger partial charge in [-0.05, 0) is 30.7 Å². The number of aromatic nitrogens is 2. The summed E-state index contributed by atoms with van der Waals surface area (Å²) in [5, 5.41) is 4.80. The van der Waals surface area contributed by atoms with Crippen LogP contribution in [0, 0.1) is 0 Å². The lowest BCUT2D eigenvalue weighted by atomic mass is 10.1. The number of hydrogen-bond donors (Lipinski definition) is 1. The zero-order chi connectivity index (χ0) is 13.8. The monoisotopic (exact) mass is 279 g/mol. The predicted molar refractivity (Wildman–Crippen MR) is 76.5 cm³/mol. The SMILES string of the molecule is CC(N)c1cc(Cl)ccc1OCCc1cnn(C)c1. The van der Waals surface area contributed by atoms with Crippen LogP contribution >= 0.6 is 11.6 Å². The van der Waals surface area contributed by atoms with Crippen molar-refractivity contribution in [3.63, 3.8) is 0 Å². The Hall–Kier alpha value is -1.52. The molecule has 0 aliphatic carbocycles. The molecule has 1 unspecified atom stereocenters. The normalized spacial score (nSPS) is 12.4. The molecule has 102 valence electrons. The lowest BCUT2D eigenvalue weighted by molar-refractivity contribution is 0.317. The zero-order valence-electron chi connectivity index (χ0n) is 11.1. The lowest BCUT2D eigenvalue weighted by Gasteiger charge is -2.14. The van der Waals surface area contributed by atoms with Gasteiger partial charge in [-0.2, -0.15) is 5.10 Å². The van der Waals surface area contributed by atoms with Gasteiger partial charge in [0.25, 0.3) is 0 Å². The molecule has 2 aromatic rings. The van der Waals surface area contributed by atoms with Gasteiger partial charge in [0.15, 0.2) is 0 Å². The summed E-state index contributed by atoms with van der Waals surface area (Å²) in [6.07, 6.45) is 4.64. The van der Waals surface area contributed by atoms with Crippen molar-refractivity contribution in [3.8, 4) is 5.75 Å². The van der Waals surface area contributed by atoms with Crippen LogP contribution in [0.25, 0.3) is 0 Å². The van der Waals surface area contributed by atoms with E-state index in [2.05, 4.69) is 5.10 Å². The Morgan fingerprint density at radius 2 is 2.26 bits per heavy atom. The molecule has 0 spiro atoms. The minimum atomic E-state index is -0.105. The first-order chi connectivity index (χ1) is 9.06. The molecule has 4 nitrogen and oxygen atoms in total. The highest BCUT2D eigenvalue weighted by Gasteiger charge is 2.09. The summed E-state index contributed by atoms with van der Waals surface area (Å²) in [5.74, 6) is 0.795. The minimum Gasteiger partial charge on any atom is -0.493 e. The van der Waals surface area contributed by atoms with Crippen molar-refractivity contribution < 1.29 is 4.74 Å². The number of nitrogens with two attached hydrogens (primary N) is 1. The standard InChI is InChI=1S/C14H18ClN3O/c1-10(16)13-7-12(15)3-4-14(13)19-6-5-11-8-17-18(2)9-11/h3-4,7-10H,5-6,16H2,1-2H3. The fourth-order valence-corrected chi connectivity index (χ4v) is 2.07. The number of ether oxygens (including phenoxy) is 1. The van der Waals surface area contributed by atoms with Crippen molar-refractivity contribution in [2.75, 3.05) is 6.61 Å². The van der Waals surface area contributed by atoms with Gasteiger partial charge in [-0.3, -0.25) is 4.68 Å². The topological polar surface area (TPSA) is 53.1 Å². The first-order valence-corrected chi connectivity index (χ1v) is 6.59. The van der Waals surface area contributed by atoms with Crippen LogP contribution in [0.2, 0.25) is 5.02 Å². The Balaban J connectivity index is 1.99. The molecular formula is C14H18ClN3O. The average Bonchev–Trinajstić information content (AvgIpc) is 2.77. The summed E-state index contributed by atoms with van der Waals surface area (Å²) in [7, 11) is 1.90. The van der Waals surface area contributed by atoms with Crippen LogP contribution in [-0.4, -0.2) is 16.4 Å². The molecule has 1 heterocycles. The molecule has 2 N–H and O–H groups in total. The van der Waals surface area contributed by atoms with Crippen LogP contribution in [-0.2, 0) is 13.5 Å². The molecule has 2 rings (SSSR count). The minimum absolute atomic E-state index is 0.105. The highest BCUT2D eigenvalue weighted by molar-refractivity contribution is 6.30. The fourth-order valence-electron chi connectivity index (χ4n) is 1.89. The predicted octanol–water partition coefficient (Wildman–Crippen LogP) is 2.71. The van der Waals surface area contributed by atoms with Gasteiger partial charge in [-0.15, -0.1) is 0 Å². The molecule has 0 bridgehead atoms. The first-order valence-electron chi connectivity index (χ1n) is 6.21. The van der Waals surface area contributed by atoms with E-state index in [-0.39, 0.29) is 6.04 Å². The second-order valence-corrected chi connectivity index (χ2v) is 5.03. The molecule has 0 aliphatic heterocycles. The van der Waals surface area contributed by atoms with Gasteiger partial charge < -0.3 is 10.5 Å². The van der Waals surface area contributed by atoms with Crippen molar-refractivity contribution in [1.82, 2.24) is 9.78 Å². The van der Waals surface area contributed by atoms with E-state index >= 15 is 0 Å². The van der Waals surface area contributed by atoms with Gasteiger partial charge in [0.05, 0.1) is 12.8 Å². The van der Waals surface area contributed by atoms with Crippen LogP contribution in [0.4, 0.5) is 0 Å². The van der Waals surface area contributed by atoms with Crippen molar-refractivity contribution in [1.29, 1.82) is 0 Å². The Labute approximate surface area is 118 Å². The third-order valence-corrected chi connectivity index (χ3v) is 3.10. The van der Waals surface area contributed by atoms with Crippen LogP contribution < -0.4 is 10.5 Å². The van der Waals surface area contributed by atoms with Crippen molar-refractivity contribution in [3.05, 3.63) is 46.7 Å². The Morgan fingerprint density at radius 1 is 1.47 bits per heavy atom. The quantitative estimate of drug-likeness (QED) is 0.916. The maximum Gasteiger partial charge on any atom is 0.124 e. The summed E-state index contributed by atoms with van der Waals surface area (Å²) < 4.78 is 7.57. The molecule has 5 heteroatoms. The van der Waals surface area contributed by atoms with Crippen LogP contribution in [0.5, 0.6) is 5.75 Å². The maximum absolute atomic E-state index is 5.97. The average molecular weight is 280 g/mol. The van der Waals surface area contributed by atoms with Crippen molar-refractivity contribution >= 4 is 11.6 Å². The van der Waals surface area contributed by atoms with E-state index in [0.717, 1.165) is 23.3 Å². The highest BCUT2D eigenvalue weighted by atomic mass is 35.5. The third-order valence-electron chi connectivity index (χ3n) is 2.87. The maximum atomic E-state index is 5.97. The largest absolute Gasteiger partial charge is 0.493 e. The van der Waals surface area contributed by atoms with E-state index in [1.807, 2.05) is 44.6 Å². The summed E-state index contributed by atoms with van der Waals surface area (Å²) in [6, 6.07) is 5.43. The van der Waals surface area contributed by atoms with Crippen molar-refractivity contribution in [2.45, 2.75) is 19.4 Å². The van der Waals surface area contributed by atoms with Crippen LogP contribution in [0.15, 0.2) is 30.6 Å². The zero-order valence-corrected chi connectivity index (χ0v) is 11.9. The number of halogens is 1. The summed E-state index contributed by atoms with van der Waals surface area (Å²) in [6.45, 7) is 2.51. The number of hydrogen-bond acceptors (Lipinski definition) is 3. The van der Waals surface area contributed by atoms with E-state index in [1.165, 1.54) is 0 Å². The van der Waals surface area contributed by atoms with E-state index in [1.54, 1.807) is 4.68 Å². The third kappa shape index (κ3) is 3.72. The summed E-state index contributed by atoms with van der Waals surface area (Å²) in [4.78, 5) is 0. The molecule has 0 amide bonds. The van der Waals surface area contributed by atoms with E-state index in [9.17, 15) is 0 Å². The second-order valence-electron chi connectivity index (χ2n) is 4.59. The smallest absolute Gasteiger partial charge is 0.124 e. The Kier molecular flexibility index (Phi) is 4.45. The molecule has 1 aromatic heterocycles. The lowest BCUT2D eigenvalue weighted by Crippen LogP contribution is -2.09. The molecule has 1 atom stereocenters. The van der Waals surface area contributed by atoms with Gasteiger partial charge in [-0.1, -0.05) is 11.6 Å². The summed E-state index contributed by atoms with van der Waals surface area (Å²) >= 11 is 5.97. The van der Waals surface area contributed by atoms with Crippen molar-refractivity contribution in [2.24, 2.45) is 12.8 Å². The Bertz CT molecular complexity index is 551. The first kappa shape index (κ1) is 13.9. The van der Waals surface area contributed by atoms with E-state index in [0.29, 0.717) is 11.6 Å². The van der Waals surface area contributed by atoms with Gasteiger partial charge in [-0.25, -0.2) is 0 Å². The molecule has 1 aromatic carbocycles. The van der Waals surface area contributed by atoms with E-state index in [4.69, 9.17) is 22.1 Å². The fraction of sp³-hybridized carbons (Fsp3) is 0.357. The molecule has 19 heavy (non-hydrogen) atoms. The highest BCUT2D eigenvalue weighted by Crippen LogP contribution is 2.27. The van der Waals surface area contributed by atoms with Crippen LogP contribution in [0.3, 0.4) is 0 Å². The molecule has 0 saturated carbocycles. The van der Waals surface area contributed by atoms with E-state index < -0.39 is 0 Å². The molecular weight excluding hydrogens is 262 g/mol. The Morgan fingerprint density at radius 3 is 2.89 bits per heavy atom. The number of benzene rings is 1. The van der Waals surface area contributed by atoms with Gasteiger partial charge >= 0.3 is 0 Å². The number of aryl methyl sites for hydroxylation is 1.